The van der Waals surface area contributed by atoms with E-state index in [1.807, 2.05) is 45.2 Å². The summed E-state index contributed by atoms with van der Waals surface area (Å²) >= 11 is 0. The molecule has 0 spiro atoms. The molecule has 152 valence electrons. The predicted octanol–water partition coefficient (Wildman–Crippen LogP) is 3.00. The van der Waals surface area contributed by atoms with Crippen molar-refractivity contribution >= 4 is 5.69 Å². The maximum atomic E-state index is 11.1. The standard InChI is InChI=1S/C22H30N2O4/c1-22(2)21(25)20(24(3)11-10-15-8-6-5-7-9-15)16-12-17(23)19(27-14-26-4)13-18(16)28-22/h5-9,12-13,20-21,25H,10-11,14,23H2,1-4H3. The minimum atomic E-state index is -0.743. The molecule has 6 nitrogen and oxygen atoms in total. The van der Waals surface area contributed by atoms with Crippen LogP contribution in [0.1, 0.15) is 31.0 Å². The van der Waals surface area contributed by atoms with Crippen molar-refractivity contribution in [2.75, 3.05) is 33.2 Å². The molecular formula is C22H30N2O4. The summed E-state index contributed by atoms with van der Waals surface area (Å²) in [7, 11) is 3.58. The van der Waals surface area contributed by atoms with E-state index in [-0.39, 0.29) is 12.8 Å². The highest BCUT2D eigenvalue weighted by Gasteiger charge is 2.44. The molecule has 2 unspecified atom stereocenters. The summed E-state index contributed by atoms with van der Waals surface area (Å²) in [6, 6.07) is 13.7. The number of fused-ring (bicyclic) bond motifs is 1. The number of aliphatic hydroxyl groups excluding tert-OH is 1. The lowest BCUT2D eigenvalue weighted by Gasteiger charge is -2.45. The summed E-state index contributed by atoms with van der Waals surface area (Å²) in [5.74, 6) is 1.19. The minimum Gasteiger partial charge on any atom is -0.485 e. The maximum absolute atomic E-state index is 11.1. The quantitative estimate of drug-likeness (QED) is 0.563. The van der Waals surface area contributed by atoms with Gasteiger partial charge in [-0.3, -0.25) is 4.90 Å². The van der Waals surface area contributed by atoms with Crippen molar-refractivity contribution in [2.24, 2.45) is 0 Å². The topological polar surface area (TPSA) is 77.2 Å². The Morgan fingerprint density at radius 3 is 2.61 bits per heavy atom. The second-order valence-corrected chi connectivity index (χ2v) is 7.79. The van der Waals surface area contributed by atoms with Crippen molar-refractivity contribution in [1.82, 2.24) is 4.90 Å². The fourth-order valence-corrected chi connectivity index (χ4v) is 3.62. The van der Waals surface area contributed by atoms with E-state index >= 15 is 0 Å². The molecule has 0 saturated heterocycles. The van der Waals surface area contributed by atoms with Gasteiger partial charge in [0.25, 0.3) is 0 Å². The maximum Gasteiger partial charge on any atom is 0.188 e. The predicted molar refractivity (Wildman–Crippen MR) is 110 cm³/mol. The van der Waals surface area contributed by atoms with Gasteiger partial charge in [-0.1, -0.05) is 30.3 Å². The van der Waals surface area contributed by atoms with Crippen molar-refractivity contribution < 1.29 is 19.3 Å². The normalized spacial score (nSPS) is 20.5. The molecule has 28 heavy (non-hydrogen) atoms. The van der Waals surface area contributed by atoms with Gasteiger partial charge < -0.3 is 25.1 Å². The number of nitrogens with zero attached hydrogens (tertiary/aromatic N) is 1. The van der Waals surface area contributed by atoms with Crippen LogP contribution >= 0.6 is 0 Å². The zero-order chi connectivity index (χ0) is 20.3. The first-order valence-electron chi connectivity index (χ1n) is 9.50. The second kappa shape index (κ2) is 8.39. The number of aliphatic hydroxyl groups is 1. The number of likely N-dealkylation sites (N-methyl/N-ethyl adjacent to an activating group) is 1. The summed E-state index contributed by atoms with van der Waals surface area (Å²) in [4.78, 5) is 2.16. The number of hydrogen-bond donors (Lipinski definition) is 2. The van der Waals surface area contributed by atoms with Crippen LogP contribution in [0.4, 0.5) is 5.69 Å². The van der Waals surface area contributed by atoms with Crippen LogP contribution in [0.25, 0.3) is 0 Å². The molecule has 0 aliphatic carbocycles. The molecule has 0 saturated carbocycles. The average Bonchev–Trinajstić information content (AvgIpc) is 2.67. The van der Waals surface area contributed by atoms with Crippen molar-refractivity contribution in [2.45, 2.75) is 38.0 Å². The van der Waals surface area contributed by atoms with Gasteiger partial charge in [0.15, 0.2) is 6.79 Å². The van der Waals surface area contributed by atoms with Crippen LogP contribution in [0.5, 0.6) is 11.5 Å². The number of anilines is 1. The molecule has 2 aromatic rings. The Morgan fingerprint density at radius 1 is 1.21 bits per heavy atom. The molecule has 1 aliphatic heterocycles. The monoisotopic (exact) mass is 386 g/mol. The Bertz CT molecular complexity index is 795. The Kier molecular flexibility index (Phi) is 6.13. The van der Waals surface area contributed by atoms with Gasteiger partial charge in [-0.25, -0.2) is 0 Å². The lowest BCUT2D eigenvalue weighted by molar-refractivity contribution is -0.0889. The SMILES string of the molecule is COCOc1cc2c(cc1N)C(N(C)CCc1ccccc1)C(O)C(C)(C)O2. The molecule has 0 radical (unpaired) electrons. The fraction of sp³-hybridized carbons (Fsp3) is 0.455. The Hall–Kier alpha value is -2.28. The Morgan fingerprint density at radius 2 is 1.93 bits per heavy atom. The summed E-state index contributed by atoms with van der Waals surface area (Å²) in [6.07, 6.45) is 0.188. The number of hydrogen-bond acceptors (Lipinski definition) is 6. The average molecular weight is 386 g/mol. The molecule has 1 heterocycles. The van der Waals surface area contributed by atoms with E-state index in [0.29, 0.717) is 17.2 Å². The van der Waals surface area contributed by atoms with Gasteiger partial charge >= 0.3 is 0 Å². The molecule has 2 atom stereocenters. The fourth-order valence-electron chi connectivity index (χ4n) is 3.62. The molecule has 2 aromatic carbocycles. The molecule has 0 fully saturated rings. The van der Waals surface area contributed by atoms with Crippen molar-refractivity contribution in [3.63, 3.8) is 0 Å². The van der Waals surface area contributed by atoms with Crippen molar-refractivity contribution in [3.8, 4) is 11.5 Å². The van der Waals surface area contributed by atoms with Crippen LogP contribution in [-0.4, -0.2) is 49.2 Å². The molecule has 3 rings (SSSR count). The van der Waals surface area contributed by atoms with Crippen LogP contribution in [0.2, 0.25) is 0 Å². The minimum absolute atomic E-state index is 0.107. The third kappa shape index (κ3) is 4.24. The lowest BCUT2D eigenvalue weighted by Crippen LogP contribution is -2.53. The molecule has 0 amide bonds. The van der Waals surface area contributed by atoms with Crippen LogP contribution in [0, 0.1) is 0 Å². The molecular weight excluding hydrogens is 356 g/mol. The van der Waals surface area contributed by atoms with E-state index in [2.05, 4.69) is 17.0 Å². The first-order valence-corrected chi connectivity index (χ1v) is 9.50. The van der Waals surface area contributed by atoms with E-state index in [0.717, 1.165) is 18.5 Å². The molecule has 0 bridgehead atoms. The molecule has 6 heteroatoms. The van der Waals surface area contributed by atoms with E-state index in [1.54, 1.807) is 13.2 Å². The number of methoxy groups -OCH3 is 1. The number of rotatable bonds is 7. The number of nitrogens with two attached hydrogens (primary N) is 1. The van der Waals surface area contributed by atoms with Gasteiger partial charge in [0, 0.05) is 25.3 Å². The number of benzene rings is 2. The van der Waals surface area contributed by atoms with E-state index < -0.39 is 11.7 Å². The smallest absolute Gasteiger partial charge is 0.188 e. The zero-order valence-electron chi connectivity index (χ0n) is 17.0. The van der Waals surface area contributed by atoms with Crippen molar-refractivity contribution in [1.29, 1.82) is 0 Å². The van der Waals surface area contributed by atoms with E-state index in [9.17, 15) is 5.11 Å². The third-order valence-corrected chi connectivity index (χ3v) is 5.25. The van der Waals surface area contributed by atoms with Crippen LogP contribution in [0.15, 0.2) is 42.5 Å². The molecule has 0 aromatic heterocycles. The number of nitrogen functional groups attached to an aromatic ring is 1. The summed E-state index contributed by atoms with van der Waals surface area (Å²) in [5.41, 5.74) is 8.07. The number of ether oxygens (including phenoxy) is 3. The van der Waals surface area contributed by atoms with Crippen molar-refractivity contribution in [3.05, 3.63) is 53.6 Å². The van der Waals surface area contributed by atoms with Gasteiger partial charge in [-0.15, -0.1) is 0 Å². The highest BCUT2D eigenvalue weighted by molar-refractivity contribution is 5.61. The highest BCUT2D eigenvalue weighted by Crippen LogP contribution is 2.45. The van der Waals surface area contributed by atoms with Gasteiger partial charge in [0.2, 0.25) is 0 Å². The molecule has 3 N–H and O–H groups in total. The first kappa shape index (κ1) is 20.5. The van der Waals surface area contributed by atoms with Crippen LogP contribution in [0.3, 0.4) is 0 Å². The van der Waals surface area contributed by atoms with Crippen LogP contribution in [-0.2, 0) is 11.2 Å². The first-order chi connectivity index (χ1) is 13.3. The summed E-state index contributed by atoms with van der Waals surface area (Å²) in [6.45, 7) is 4.69. The van der Waals surface area contributed by atoms with Crippen LogP contribution < -0.4 is 15.2 Å². The van der Waals surface area contributed by atoms with E-state index in [1.165, 1.54) is 5.56 Å². The molecule has 1 aliphatic rings. The summed E-state index contributed by atoms with van der Waals surface area (Å²) in [5, 5.41) is 11.1. The lowest BCUT2D eigenvalue weighted by atomic mass is 9.85. The largest absolute Gasteiger partial charge is 0.485 e. The Balaban J connectivity index is 1.88. The van der Waals surface area contributed by atoms with E-state index in [4.69, 9.17) is 19.9 Å². The Labute approximate surface area is 166 Å². The zero-order valence-corrected chi connectivity index (χ0v) is 17.0. The summed E-state index contributed by atoms with van der Waals surface area (Å²) < 4.78 is 16.6. The van der Waals surface area contributed by atoms with Gasteiger partial charge in [0.05, 0.1) is 11.7 Å². The van der Waals surface area contributed by atoms with Gasteiger partial charge in [0.1, 0.15) is 23.2 Å². The third-order valence-electron chi connectivity index (χ3n) is 5.25. The highest BCUT2D eigenvalue weighted by atomic mass is 16.7. The van der Waals surface area contributed by atoms with Gasteiger partial charge in [-0.2, -0.15) is 0 Å². The second-order valence-electron chi connectivity index (χ2n) is 7.79. The van der Waals surface area contributed by atoms with Gasteiger partial charge in [-0.05, 0) is 38.9 Å².